The predicted molar refractivity (Wildman–Crippen MR) is 50.5 cm³/mol. The van der Waals surface area contributed by atoms with Gasteiger partial charge in [0.15, 0.2) is 0 Å². The molecule has 0 aromatic carbocycles. The van der Waals surface area contributed by atoms with Crippen molar-refractivity contribution in [2.75, 3.05) is 0 Å². The highest BCUT2D eigenvalue weighted by Gasteiger charge is 2.53. The lowest BCUT2D eigenvalue weighted by Crippen LogP contribution is -2.32. The van der Waals surface area contributed by atoms with Crippen molar-refractivity contribution in [3.8, 4) is 0 Å². The molecule has 0 aromatic heterocycles. The van der Waals surface area contributed by atoms with Crippen molar-refractivity contribution in [3.63, 3.8) is 0 Å². The Bertz CT molecular complexity index is 191. The van der Waals surface area contributed by atoms with Crippen molar-refractivity contribution in [2.24, 2.45) is 23.6 Å². The number of amides is 1. The molecule has 3 N–H and O–H groups in total. The van der Waals surface area contributed by atoms with Gasteiger partial charge in [0.25, 0.3) is 0 Å². The molecule has 2 aliphatic carbocycles. The summed E-state index contributed by atoms with van der Waals surface area (Å²) >= 11 is 0. The minimum absolute atomic E-state index is 0.0666. The Morgan fingerprint density at radius 2 is 1.62 bits per heavy atom. The lowest BCUT2D eigenvalue weighted by atomic mass is 10.0. The molecule has 13 heavy (non-hydrogen) atoms. The summed E-state index contributed by atoms with van der Waals surface area (Å²) in [6, 6.07) is 0. The second-order valence-electron chi connectivity index (χ2n) is 4.35. The van der Waals surface area contributed by atoms with E-state index in [1.165, 1.54) is 38.5 Å². The maximum atomic E-state index is 11.3. The normalized spacial score (nSPS) is 38.4. The Morgan fingerprint density at radius 1 is 1.08 bits per heavy atom. The molecule has 3 atom stereocenters. The van der Waals surface area contributed by atoms with Gasteiger partial charge < -0.3 is 0 Å². The molecule has 0 aromatic rings. The molecule has 1 unspecified atom stereocenters. The summed E-state index contributed by atoms with van der Waals surface area (Å²) in [5.41, 5.74) is 2.29. The second-order valence-corrected chi connectivity index (χ2v) is 4.35. The number of rotatable bonds is 1. The van der Waals surface area contributed by atoms with E-state index < -0.39 is 0 Å². The lowest BCUT2D eigenvalue weighted by Gasteiger charge is -2.04. The molecular formula is C10H18N2O. The molecule has 2 rings (SSSR count). The van der Waals surface area contributed by atoms with Crippen LogP contribution in [-0.2, 0) is 4.79 Å². The van der Waals surface area contributed by atoms with E-state index in [0.29, 0.717) is 11.8 Å². The van der Waals surface area contributed by atoms with Crippen LogP contribution in [0.5, 0.6) is 0 Å². The van der Waals surface area contributed by atoms with Crippen molar-refractivity contribution in [2.45, 2.75) is 38.5 Å². The van der Waals surface area contributed by atoms with Gasteiger partial charge in [-0.15, -0.1) is 0 Å². The summed E-state index contributed by atoms with van der Waals surface area (Å²) in [7, 11) is 0. The summed E-state index contributed by atoms with van der Waals surface area (Å²) < 4.78 is 0. The highest BCUT2D eigenvalue weighted by atomic mass is 16.2. The molecule has 0 spiro atoms. The first-order valence-corrected chi connectivity index (χ1v) is 5.35. The fourth-order valence-electron chi connectivity index (χ4n) is 2.83. The van der Waals surface area contributed by atoms with Crippen LogP contribution in [0.2, 0.25) is 0 Å². The lowest BCUT2D eigenvalue weighted by molar-refractivity contribution is -0.123. The Labute approximate surface area is 79.0 Å². The Hall–Kier alpha value is -0.570. The number of nitrogens with one attached hydrogen (secondary N) is 1. The fourth-order valence-corrected chi connectivity index (χ4v) is 2.83. The van der Waals surface area contributed by atoms with Crippen LogP contribution in [0, 0.1) is 17.8 Å². The molecule has 0 aliphatic heterocycles. The summed E-state index contributed by atoms with van der Waals surface area (Å²) in [6.45, 7) is 0. The number of fused-ring (bicyclic) bond motifs is 1. The molecule has 0 bridgehead atoms. The van der Waals surface area contributed by atoms with E-state index in [4.69, 9.17) is 5.84 Å². The summed E-state index contributed by atoms with van der Waals surface area (Å²) in [5.74, 6) is 6.78. The van der Waals surface area contributed by atoms with E-state index in [1.54, 1.807) is 0 Å². The van der Waals surface area contributed by atoms with E-state index in [9.17, 15) is 4.79 Å². The van der Waals surface area contributed by atoms with Crippen LogP contribution in [-0.4, -0.2) is 5.91 Å². The minimum Gasteiger partial charge on any atom is -0.294 e. The molecule has 3 heteroatoms. The standard InChI is InChI=1S/C10H18N2O/c11-12-10(13)9-7-5-3-1-2-4-6-8(7)9/h7-9H,1-6,11H2,(H,12,13)/t7-,8+,9?. The first-order valence-electron chi connectivity index (χ1n) is 5.35. The molecule has 2 aliphatic rings. The smallest absolute Gasteiger partial charge is 0.237 e. The third-order valence-electron chi connectivity index (χ3n) is 3.60. The van der Waals surface area contributed by atoms with Gasteiger partial charge in [0.1, 0.15) is 0 Å². The predicted octanol–water partition coefficient (Wildman–Crippen LogP) is 1.19. The van der Waals surface area contributed by atoms with Gasteiger partial charge in [-0.3, -0.25) is 10.2 Å². The zero-order chi connectivity index (χ0) is 9.26. The molecule has 3 nitrogen and oxygen atoms in total. The zero-order valence-corrected chi connectivity index (χ0v) is 7.96. The molecule has 0 heterocycles. The number of nitrogens with two attached hydrogens (primary N) is 1. The maximum absolute atomic E-state index is 11.3. The highest BCUT2D eigenvalue weighted by Crippen LogP contribution is 2.53. The summed E-state index contributed by atoms with van der Waals surface area (Å²) in [4.78, 5) is 11.3. The van der Waals surface area contributed by atoms with E-state index in [2.05, 4.69) is 5.43 Å². The average Bonchev–Trinajstić information content (AvgIpc) is 2.75. The van der Waals surface area contributed by atoms with Crippen molar-refractivity contribution in [3.05, 3.63) is 0 Å². The monoisotopic (exact) mass is 182 g/mol. The number of hydrogen-bond acceptors (Lipinski definition) is 2. The Morgan fingerprint density at radius 3 is 2.08 bits per heavy atom. The third-order valence-corrected chi connectivity index (χ3v) is 3.60. The van der Waals surface area contributed by atoms with Crippen LogP contribution in [0.15, 0.2) is 0 Å². The first kappa shape index (κ1) is 9.00. The van der Waals surface area contributed by atoms with Gasteiger partial charge in [-0.05, 0) is 24.7 Å². The van der Waals surface area contributed by atoms with Crippen molar-refractivity contribution in [1.29, 1.82) is 0 Å². The third kappa shape index (κ3) is 1.70. The summed E-state index contributed by atoms with van der Waals surface area (Å²) in [5, 5.41) is 0. The van der Waals surface area contributed by atoms with E-state index in [0.717, 1.165) is 0 Å². The molecule has 2 saturated carbocycles. The number of hydrogen-bond donors (Lipinski definition) is 2. The van der Waals surface area contributed by atoms with Crippen molar-refractivity contribution in [1.82, 2.24) is 5.43 Å². The maximum Gasteiger partial charge on any atom is 0.237 e. The van der Waals surface area contributed by atoms with Gasteiger partial charge >= 0.3 is 0 Å². The first-order chi connectivity index (χ1) is 6.34. The van der Waals surface area contributed by atoms with E-state index in [1.807, 2.05) is 0 Å². The zero-order valence-electron chi connectivity index (χ0n) is 7.96. The van der Waals surface area contributed by atoms with Gasteiger partial charge in [0, 0.05) is 5.92 Å². The summed E-state index contributed by atoms with van der Waals surface area (Å²) in [6.07, 6.45) is 7.77. The second kappa shape index (κ2) is 3.66. The number of carbonyl (C=O) groups is 1. The van der Waals surface area contributed by atoms with E-state index in [-0.39, 0.29) is 11.8 Å². The van der Waals surface area contributed by atoms with Gasteiger partial charge in [-0.1, -0.05) is 25.7 Å². The Kier molecular flexibility index (Phi) is 2.54. The van der Waals surface area contributed by atoms with Crippen LogP contribution >= 0.6 is 0 Å². The average molecular weight is 182 g/mol. The van der Waals surface area contributed by atoms with Gasteiger partial charge in [-0.2, -0.15) is 0 Å². The number of carbonyl (C=O) groups excluding carboxylic acids is 1. The van der Waals surface area contributed by atoms with Crippen LogP contribution in [0.3, 0.4) is 0 Å². The number of hydrazine groups is 1. The van der Waals surface area contributed by atoms with Gasteiger partial charge in [0.05, 0.1) is 0 Å². The molecule has 74 valence electrons. The molecule has 1 amide bonds. The van der Waals surface area contributed by atoms with Gasteiger partial charge in [-0.25, -0.2) is 5.84 Å². The molecular weight excluding hydrogens is 164 g/mol. The van der Waals surface area contributed by atoms with Crippen LogP contribution in [0.4, 0.5) is 0 Å². The molecule has 0 radical (unpaired) electrons. The largest absolute Gasteiger partial charge is 0.294 e. The topological polar surface area (TPSA) is 55.1 Å². The van der Waals surface area contributed by atoms with Crippen LogP contribution in [0.25, 0.3) is 0 Å². The van der Waals surface area contributed by atoms with Crippen LogP contribution < -0.4 is 11.3 Å². The van der Waals surface area contributed by atoms with E-state index >= 15 is 0 Å². The SMILES string of the molecule is NNC(=O)C1[C@H]2CCCCCC[C@@H]12. The quantitative estimate of drug-likeness (QED) is 0.363. The molecule has 2 fully saturated rings. The van der Waals surface area contributed by atoms with Gasteiger partial charge in [0.2, 0.25) is 5.91 Å². The highest BCUT2D eigenvalue weighted by molar-refractivity contribution is 5.81. The van der Waals surface area contributed by atoms with Crippen molar-refractivity contribution >= 4 is 5.91 Å². The fraction of sp³-hybridized carbons (Fsp3) is 0.900. The van der Waals surface area contributed by atoms with Crippen LogP contribution in [0.1, 0.15) is 38.5 Å². The molecule has 0 saturated heterocycles. The minimum atomic E-state index is 0.0666. The van der Waals surface area contributed by atoms with Crippen molar-refractivity contribution < 1.29 is 4.79 Å². The Balaban J connectivity index is 1.91.